The van der Waals surface area contributed by atoms with E-state index in [2.05, 4.69) is 0 Å². The van der Waals surface area contributed by atoms with Gasteiger partial charge in [0.2, 0.25) is 6.79 Å². The highest BCUT2D eigenvalue weighted by molar-refractivity contribution is 5.98. The van der Waals surface area contributed by atoms with Gasteiger partial charge in [-0.1, -0.05) is 0 Å². The van der Waals surface area contributed by atoms with Gasteiger partial charge in [0.25, 0.3) is 0 Å². The van der Waals surface area contributed by atoms with Crippen molar-refractivity contribution in [1.29, 1.82) is 0 Å². The molecule has 0 spiro atoms. The first-order valence-corrected chi connectivity index (χ1v) is 8.25. The van der Waals surface area contributed by atoms with Crippen LogP contribution in [0.25, 0.3) is 0 Å². The molecule has 0 saturated carbocycles. The number of likely N-dealkylation sites (tertiary alicyclic amines) is 1. The molecule has 1 aromatic carbocycles. The standard InChI is InChI=1S/C18H23NO5/c1-18(2,3)24-17(21)19-8-4-5-13(10-19)16(20)12-6-7-14-15(9-12)23-11-22-14/h6-7,9,13H,4-5,8,10-11H2,1-3H3/t13-/m0/s1. The number of ether oxygens (including phenoxy) is 3. The van der Waals surface area contributed by atoms with Crippen LogP contribution in [0.1, 0.15) is 44.0 Å². The minimum Gasteiger partial charge on any atom is -0.454 e. The van der Waals surface area contributed by atoms with Crippen LogP contribution in [0, 0.1) is 5.92 Å². The molecule has 2 heterocycles. The first kappa shape index (κ1) is 16.6. The summed E-state index contributed by atoms with van der Waals surface area (Å²) in [7, 11) is 0. The molecule has 0 N–H and O–H groups in total. The second-order valence-electron chi connectivity index (χ2n) is 7.20. The minimum absolute atomic E-state index is 0.0292. The summed E-state index contributed by atoms with van der Waals surface area (Å²) in [6.07, 6.45) is 1.21. The lowest BCUT2D eigenvalue weighted by molar-refractivity contribution is 0.0172. The average molecular weight is 333 g/mol. The summed E-state index contributed by atoms with van der Waals surface area (Å²) in [4.78, 5) is 26.6. The van der Waals surface area contributed by atoms with Crippen molar-refractivity contribution in [3.8, 4) is 11.5 Å². The summed E-state index contributed by atoms with van der Waals surface area (Å²) in [6, 6.07) is 5.23. The number of ketones is 1. The number of hydrogen-bond acceptors (Lipinski definition) is 5. The molecule has 24 heavy (non-hydrogen) atoms. The number of nitrogens with zero attached hydrogens (tertiary/aromatic N) is 1. The summed E-state index contributed by atoms with van der Waals surface area (Å²) in [5, 5.41) is 0. The molecule has 0 aliphatic carbocycles. The number of carbonyl (C=O) groups excluding carboxylic acids is 2. The second kappa shape index (κ2) is 6.34. The smallest absolute Gasteiger partial charge is 0.410 e. The van der Waals surface area contributed by atoms with Gasteiger partial charge in [-0.25, -0.2) is 4.79 Å². The van der Waals surface area contributed by atoms with E-state index in [4.69, 9.17) is 14.2 Å². The lowest BCUT2D eigenvalue weighted by Gasteiger charge is -2.33. The summed E-state index contributed by atoms with van der Waals surface area (Å²) in [6.45, 7) is 6.71. The molecule has 0 aromatic heterocycles. The van der Waals surface area contributed by atoms with Crippen LogP contribution < -0.4 is 9.47 Å². The van der Waals surface area contributed by atoms with Gasteiger partial charge in [-0.15, -0.1) is 0 Å². The maximum atomic E-state index is 12.8. The van der Waals surface area contributed by atoms with E-state index in [0.717, 1.165) is 12.8 Å². The third kappa shape index (κ3) is 3.63. The number of hydrogen-bond donors (Lipinski definition) is 0. The molecule has 1 saturated heterocycles. The maximum absolute atomic E-state index is 12.8. The average Bonchev–Trinajstić information content (AvgIpc) is 3.00. The Morgan fingerprint density at radius 1 is 1.21 bits per heavy atom. The molecule has 1 amide bonds. The summed E-state index contributed by atoms with van der Waals surface area (Å²) in [5.41, 5.74) is 0.0565. The Hall–Kier alpha value is -2.24. The van der Waals surface area contributed by atoms with Gasteiger partial charge in [-0.05, 0) is 51.8 Å². The monoisotopic (exact) mass is 333 g/mol. The van der Waals surface area contributed by atoms with Crippen molar-refractivity contribution < 1.29 is 23.8 Å². The summed E-state index contributed by atoms with van der Waals surface area (Å²) >= 11 is 0. The number of Topliss-reactive ketones (excluding diaryl/α,β-unsaturated/α-hetero) is 1. The van der Waals surface area contributed by atoms with Crippen molar-refractivity contribution in [1.82, 2.24) is 4.90 Å². The second-order valence-corrected chi connectivity index (χ2v) is 7.20. The zero-order chi connectivity index (χ0) is 17.3. The third-order valence-corrected chi connectivity index (χ3v) is 4.10. The number of carbonyl (C=O) groups is 2. The van der Waals surface area contributed by atoms with Crippen LogP contribution in [0.15, 0.2) is 18.2 Å². The molecular formula is C18H23NO5. The normalized spacial score (nSPS) is 20.0. The van der Waals surface area contributed by atoms with Crippen LogP contribution >= 0.6 is 0 Å². The fourth-order valence-corrected chi connectivity index (χ4v) is 2.97. The summed E-state index contributed by atoms with van der Waals surface area (Å²) in [5.74, 6) is 1.07. The highest BCUT2D eigenvalue weighted by Gasteiger charge is 2.32. The number of fused-ring (bicyclic) bond motifs is 1. The molecule has 6 heteroatoms. The molecule has 130 valence electrons. The van der Waals surface area contributed by atoms with E-state index in [1.165, 1.54) is 0 Å². The van der Waals surface area contributed by atoms with Crippen LogP contribution in [0.3, 0.4) is 0 Å². The fraction of sp³-hybridized carbons (Fsp3) is 0.556. The SMILES string of the molecule is CC(C)(C)OC(=O)N1CCC[C@H](C(=O)c2ccc3c(c2)OCO3)C1. The Morgan fingerprint density at radius 2 is 1.96 bits per heavy atom. The Morgan fingerprint density at radius 3 is 2.71 bits per heavy atom. The van der Waals surface area contributed by atoms with E-state index in [0.29, 0.717) is 30.2 Å². The zero-order valence-corrected chi connectivity index (χ0v) is 14.3. The molecule has 2 aliphatic rings. The van der Waals surface area contributed by atoms with Crippen LogP contribution in [0.2, 0.25) is 0 Å². The minimum atomic E-state index is -0.536. The Bertz CT molecular complexity index is 649. The van der Waals surface area contributed by atoms with Crippen LogP contribution in [-0.2, 0) is 4.74 Å². The lowest BCUT2D eigenvalue weighted by atomic mass is 9.90. The quantitative estimate of drug-likeness (QED) is 0.777. The molecule has 6 nitrogen and oxygen atoms in total. The van der Waals surface area contributed by atoms with Gasteiger partial charge in [0.05, 0.1) is 0 Å². The molecule has 0 bridgehead atoms. The topological polar surface area (TPSA) is 65.1 Å². The van der Waals surface area contributed by atoms with Gasteiger partial charge in [-0.2, -0.15) is 0 Å². The first-order valence-electron chi connectivity index (χ1n) is 8.25. The molecule has 1 atom stereocenters. The number of rotatable bonds is 2. The van der Waals surface area contributed by atoms with E-state index < -0.39 is 5.60 Å². The largest absolute Gasteiger partial charge is 0.454 e. The highest BCUT2D eigenvalue weighted by atomic mass is 16.7. The predicted octanol–water partition coefficient (Wildman–Crippen LogP) is 3.25. The van der Waals surface area contributed by atoms with E-state index in [9.17, 15) is 9.59 Å². The van der Waals surface area contributed by atoms with Crippen molar-refractivity contribution in [3.05, 3.63) is 23.8 Å². The Balaban J connectivity index is 1.68. The van der Waals surface area contributed by atoms with Gasteiger partial charge < -0.3 is 19.1 Å². The highest BCUT2D eigenvalue weighted by Crippen LogP contribution is 2.34. The Kier molecular flexibility index (Phi) is 4.39. The maximum Gasteiger partial charge on any atom is 0.410 e. The molecule has 0 unspecified atom stereocenters. The van der Waals surface area contributed by atoms with E-state index in [1.807, 2.05) is 20.8 Å². The number of piperidine rings is 1. The first-order chi connectivity index (χ1) is 11.3. The van der Waals surface area contributed by atoms with Crippen molar-refractivity contribution in [3.63, 3.8) is 0 Å². The molecular weight excluding hydrogens is 310 g/mol. The van der Waals surface area contributed by atoms with E-state index in [1.54, 1.807) is 23.1 Å². The molecule has 3 rings (SSSR count). The molecule has 0 radical (unpaired) electrons. The molecule has 1 fully saturated rings. The number of benzene rings is 1. The van der Waals surface area contributed by atoms with Crippen LogP contribution in [0.4, 0.5) is 4.79 Å². The van der Waals surface area contributed by atoms with Gasteiger partial charge in [0.15, 0.2) is 17.3 Å². The van der Waals surface area contributed by atoms with Crippen LogP contribution in [-0.4, -0.2) is 42.3 Å². The van der Waals surface area contributed by atoms with E-state index >= 15 is 0 Å². The zero-order valence-electron chi connectivity index (χ0n) is 14.3. The summed E-state index contributed by atoms with van der Waals surface area (Å²) < 4.78 is 16.0. The van der Waals surface area contributed by atoms with Crippen molar-refractivity contribution in [2.75, 3.05) is 19.9 Å². The van der Waals surface area contributed by atoms with Crippen molar-refractivity contribution >= 4 is 11.9 Å². The van der Waals surface area contributed by atoms with Gasteiger partial charge in [-0.3, -0.25) is 4.79 Å². The number of amides is 1. The predicted molar refractivity (Wildman–Crippen MR) is 87.4 cm³/mol. The van der Waals surface area contributed by atoms with Crippen LogP contribution in [0.5, 0.6) is 11.5 Å². The van der Waals surface area contributed by atoms with Gasteiger partial charge in [0, 0.05) is 24.6 Å². The molecule has 1 aromatic rings. The van der Waals surface area contributed by atoms with Gasteiger partial charge in [0.1, 0.15) is 5.60 Å². The fourth-order valence-electron chi connectivity index (χ4n) is 2.97. The Labute approximate surface area is 141 Å². The lowest BCUT2D eigenvalue weighted by Crippen LogP contribution is -2.44. The van der Waals surface area contributed by atoms with Gasteiger partial charge >= 0.3 is 6.09 Å². The third-order valence-electron chi connectivity index (χ3n) is 4.10. The van der Waals surface area contributed by atoms with E-state index in [-0.39, 0.29) is 24.6 Å². The molecule has 2 aliphatic heterocycles. The van der Waals surface area contributed by atoms with Crippen molar-refractivity contribution in [2.45, 2.75) is 39.2 Å². The van der Waals surface area contributed by atoms with Crippen molar-refractivity contribution in [2.24, 2.45) is 5.92 Å².